The van der Waals surface area contributed by atoms with Crippen molar-refractivity contribution in [3.8, 4) is 23.2 Å². The van der Waals surface area contributed by atoms with Crippen LogP contribution in [0.15, 0.2) is 54.9 Å². The van der Waals surface area contributed by atoms with E-state index in [1.807, 2.05) is 62.6 Å². The number of ether oxygens (including phenoxy) is 2. The highest BCUT2D eigenvalue weighted by Gasteiger charge is 2.24. The summed E-state index contributed by atoms with van der Waals surface area (Å²) in [6.07, 6.45) is 6.29. The molecule has 1 aliphatic carbocycles. The first-order valence-corrected chi connectivity index (χ1v) is 8.64. The van der Waals surface area contributed by atoms with Gasteiger partial charge in [0.15, 0.2) is 5.82 Å². The zero-order valence-corrected chi connectivity index (χ0v) is 14.4. The number of hydrogen-bond acceptors (Lipinski definition) is 4. The molecule has 5 nitrogen and oxygen atoms in total. The molecule has 2 aromatic heterocycles. The van der Waals surface area contributed by atoms with Gasteiger partial charge in [0, 0.05) is 6.20 Å². The molecular weight excluding hydrogens is 314 g/mol. The molecule has 1 aromatic carbocycles. The van der Waals surface area contributed by atoms with Gasteiger partial charge in [-0.2, -0.15) is 0 Å². The number of benzene rings is 1. The van der Waals surface area contributed by atoms with E-state index in [0.717, 1.165) is 11.6 Å². The minimum Gasteiger partial charge on any atom is -0.471 e. The average molecular weight is 335 g/mol. The Hall–Kier alpha value is -2.82. The van der Waals surface area contributed by atoms with Crippen LogP contribution in [0.25, 0.3) is 5.82 Å². The fraction of sp³-hybridized carbons (Fsp3) is 0.300. The molecule has 0 spiro atoms. The Balaban J connectivity index is 1.63. The van der Waals surface area contributed by atoms with Crippen molar-refractivity contribution in [1.29, 1.82) is 0 Å². The van der Waals surface area contributed by atoms with E-state index in [-0.39, 0.29) is 6.10 Å². The predicted molar refractivity (Wildman–Crippen MR) is 95.6 cm³/mol. The van der Waals surface area contributed by atoms with Crippen LogP contribution in [0.5, 0.6) is 17.4 Å². The molecule has 0 bridgehead atoms. The van der Waals surface area contributed by atoms with Gasteiger partial charge in [0.1, 0.15) is 5.75 Å². The van der Waals surface area contributed by atoms with Gasteiger partial charge in [-0.15, -0.1) is 5.10 Å². The molecule has 0 saturated heterocycles. The summed E-state index contributed by atoms with van der Waals surface area (Å²) in [6.45, 7) is 3.93. The van der Waals surface area contributed by atoms with Crippen molar-refractivity contribution in [2.24, 2.45) is 0 Å². The van der Waals surface area contributed by atoms with Gasteiger partial charge in [-0.1, -0.05) is 24.3 Å². The Kier molecular flexibility index (Phi) is 4.14. The minimum absolute atomic E-state index is 0.00618. The predicted octanol–water partition coefficient (Wildman–Crippen LogP) is 4.72. The summed E-state index contributed by atoms with van der Waals surface area (Å²) < 4.78 is 13.5. The zero-order chi connectivity index (χ0) is 17.2. The molecule has 0 aliphatic heterocycles. The van der Waals surface area contributed by atoms with Crippen LogP contribution in [-0.2, 0) is 0 Å². The number of para-hydroxylation sites is 1. The van der Waals surface area contributed by atoms with Crippen LogP contribution < -0.4 is 9.47 Å². The molecule has 0 N–H and O–H groups in total. The highest BCUT2D eigenvalue weighted by atomic mass is 16.5. The Morgan fingerprint density at radius 2 is 1.88 bits per heavy atom. The summed E-state index contributed by atoms with van der Waals surface area (Å²) >= 11 is 0. The smallest absolute Gasteiger partial charge is 0.277 e. The van der Waals surface area contributed by atoms with E-state index in [0.29, 0.717) is 17.5 Å². The number of rotatable bonds is 6. The second kappa shape index (κ2) is 6.59. The van der Waals surface area contributed by atoms with Crippen molar-refractivity contribution in [2.75, 3.05) is 0 Å². The van der Waals surface area contributed by atoms with Crippen molar-refractivity contribution in [2.45, 2.75) is 38.7 Å². The Morgan fingerprint density at radius 3 is 2.52 bits per heavy atom. The second-order valence-corrected chi connectivity index (χ2v) is 6.55. The molecule has 1 fully saturated rings. The summed E-state index contributed by atoms with van der Waals surface area (Å²) in [5, 5.41) is 4.51. The maximum Gasteiger partial charge on any atom is 0.277 e. The topological polar surface area (TPSA) is 49.2 Å². The van der Waals surface area contributed by atoms with Crippen molar-refractivity contribution in [1.82, 2.24) is 14.8 Å². The average Bonchev–Trinajstić information content (AvgIpc) is 3.40. The van der Waals surface area contributed by atoms with E-state index in [1.54, 1.807) is 4.68 Å². The first kappa shape index (κ1) is 15.7. The molecule has 0 atom stereocenters. The minimum atomic E-state index is 0.00618. The van der Waals surface area contributed by atoms with Crippen LogP contribution in [0, 0.1) is 0 Å². The first-order valence-electron chi connectivity index (χ1n) is 8.64. The lowest BCUT2D eigenvalue weighted by molar-refractivity contribution is 0.223. The fourth-order valence-corrected chi connectivity index (χ4v) is 2.64. The lowest BCUT2D eigenvalue weighted by Gasteiger charge is -2.09. The summed E-state index contributed by atoms with van der Waals surface area (Å²) in [7, 11) is 0. The standard InChI is InChI=1S/C20H21N3O2/c1-14(2)24-20-18(25-17-6-4-3-5-7-17)13-23(22-20)19-11-10-16(12-21-19)15-8-9-15/h3-7,10-15H,8-9H2,1-2H3. The van der Waals surface area contributed by atoms with E-state index in [2.05, 4.69) is 16.1 Å². The van der Waals surface area contributed by atoms with E-state index in [4.69, 9.17) is 9.47 Å². The van der Waals surface area contributed by atoms with Crippen molar-refractivity contribution in [3.05, 3.63) is 60.4 Å². The molecule has 1 aliphatic rings. The van der Waals surface area contributed by atoms with Crippen molar-refractivity contribution in [3.63, 3.8) is 0 Å². The number of pyridine rings is 1. The van der Waals surface area contributed by atoms with Crippen LogP contribution in [0.4, 0.5) is 0 Å². The summed E-state index contributed by atoms with van der Waals surface area (Å²) in [6, 6.07) is 13.7. The highest BCUT2D eigenvalue weighted by molar-refractivity contribution is 5.39. The lowest BCUT2D eigenvalue weighted by Crippen LogP contribution is -2.07. The van der Waals surface area contributed by atoms with Gasteiger partial charge in [-0.3, -0.25) is 0 Å². The summed E-state index contributed by atoms with van der Waals surface area (Å²) in [4.78, 5) is 4.54. The molecule has 5 heteroatoms. The molecular formula is C20H21N3O2. The summed E-state index contributed by atoms with van der Waals surface area (Å²) in [5.41, 5.74) is 1.30. The maximum absolute atomic E-state index is 5.95. The molecule has 0 radical (unpaired) electrons. The third-order valence-electron chi connectivity index (χ3n) is 4.02. The largest absolute Gasteiger partial charge is 0.471 e. The van der Waals surface area contributed by atoms with Crippen LogP contribution in [0.1, 0.15) is 38.2 Å². The van der Waals surface area contributed by atoms with E-state index in [9.17, 15) is 0 Å². The Bertz CT molecular complexity index is 837. The fourth-order valence-electron chi connectivity index (χ4n) is 2.64. The van der Waals surface area contributed by atoms with Gasteiger partial charge in [0.25, 0.3) is 5.88 Å². The molecule has 4 rings (SSSR count). The van der Waals surface area contributed by atoms with Crippen LogP contribution in [0.3, 0.4) is 0 Å². The Labute approximate surface area is 147 Å². The van der Waals surface area contributed by atoms with E-state index in [1.165, 1.54) is 18.4 Å². The van der Waals surface area contributed by atoms with Gasteiger partial charge in [-0.05, 0) is 56.4 Å². The van der Waals surface area contributed by atoms with Crippen LogP contribution in [0.2, 0.25) is 0 Å². The second-order valence-electron chi connectivity index (χ2n) is 6.55. The molecule has 128 valence electrons. The molecule has 0 unspecified atom stereocenters. The normalized spacial score (nSPS) is 13.9. The van der Waals surface area contributed by atoms with Crippen LogP contribution in [-0.4, -0.2) is 20.9 Å². The zero-order valence-electron chi connectivity index (χ0n) is 14.4. The molecule has 2 heterocycles. The number of hydrogen-bond donors (Lipinski definition) is 0. The monoisotopic (exact) mass is 335 g/mol. The molecule has 0 amide bonds. The molecule has 1 saturated carbocycles. The first-order chi connectivity index (χ1) is 12.2. The number of nitrogens with zero attached hydrogens (tertiary/aromatic N) is 3. The molecule has 25 heavy (non-hydrogen) atoms. The third-order valence-corrected chi connectivity index (χ3v) is 4.02. The summed E-state index contributed by atoms with van der Waals surface area (Å²) in [5.74, 6) is 3.23. The van der Waals surface area contributed by atoms with E-state index >= 15 is 0 Å². The van der Waals surface area contributed by atoms with E-state index < -0.39 is 0 Å². The van der Waals surface area contributed by atoms with Gasteiger partial charge in [0.2, 0.25) is 5.75 Å². The highest BCUT2D eigenvalue weighted by Crippen LogP contribution is 2.39. The van der Waals surface area contributed by atoms with Gasteiger partial charge in [0.05, 0.1) is 12.3 Å². The van der Waals surface area contributed by atoms with Gasteiger partial charge in [-0.25, -0.2) is 9.67 Å². The molecule has 3 aromatic rings. The van der Waals surface area contributed by atoms with Gasteiger partial charge >= 0.3 is 0 Å². The van der Waals surface area contributed by atoms with Crippen LogP contribution >= 0.6 is 0 Å². The van der Waals surface area contributed by atoms with Crippen molar-refractivity contribution >= 4 is 0 Å². The Morgan fingerprint density at radius 1 is 1.08 bits per heavy atom. The number of aromatic nitrogens is 3. The SMILES string of the molecule is CC(C)Oc1nn(-c2ccc(C3CC3)cn2)cc1Oc1ccccc1. The van der Waals surface area contributed by atoms with Crippen molar-refractivity contribution < 1.29 is 9.47 Å². The quantitative estimate of drug-likeness (QED) is 0.654. The maximum atomic E-state index is 5.95. The third kappa shape index (κ3) is 3.65. The lowest BCUT2D eigenvalue weighted by atomic mass is 10.2. The van der Waals surface area contributed by atoms with Gasteiger partial charge < -0.3 is 9.47 Å².